The van der Waals surface area contributed by atoms with E-state index < -0.39 is 0 Å². The number of aromatic nitrogens is 2. The van der Waals surface area contributed by atoms with Crippen LogP contribution in [-0.2, 0) is 13.0 Å². The van der Waals surface area contributed by atoms with Crippen LogP contribution in [0.2, 0.25) is 0 Å². The number of fused-ring (bicyclic) bond motifs is 1. The highest BCUT2D eigenvalue weighted by atomic mass is 16.2. The molecule has 2 N–H and O–H groups in total. The first-order valence-electron chi connectivity index (χ1n) is 9.35. The van der Waals surface area contributed by atoms with E-state index in [2.05, 4.69) is 22.5 Å². The lowest BCUT2D eigenvalue weighted by molar-refractivity contribution is 0.0937. The van der Waals surface area contributed by atoms with Crippen molar-refractivity contribution in [2.45, 2.75) is 52.0 Å². The molecule has 0 saturated carbocycles. The first-order valence-corrected chi connectivity index (χ1v) is 9.35. The van der Waals surface area contributed by atoms with Crippen LogP contribution in [0.25, 0.3) is 0 Å². The molecule has 0 unspecified atom stereocenters. The average molecular weight is 349 g/mol. The number of hydrogen-bond donors (Lipinski definition) is 2. The average Bonchev–Trinajstić information content (AvgIpc) is 2.98. The van der Waals surface area contributed by atoms with Crippen molar-refractivity contribution in [3.05, 3.63) is 17.2 Å². The van der Waals surface area contributed by atoms with Crippen LogP contribution >= 0.6 is 0 Å². The third-order valence-corrected chi connectivity index (χ3v) is 4.45. The molecule has 0 atom stereocenters. The molecule has 2 rings (SSSR count). The number of carbonyl (C=O) groups excluding carboxylic acids is 2. The zero-order chi connectivity index (χ0) is 18.2. The van der Waals surface area contributed by atoms with Gasteiger partial charge in [-0.15, -0.1) is 0 Å². The lowest BCUT2D eigenvalue weighted by Gasteiger charge is -2.17. The van der Waals surface area contributed by atoms with E-state index >= 15 is 0 Å². The van der Waals surface area contributed by atoms with Gasteiger partial charge in [-0.1, -0.05) is 19.8 Å². The second-order valence-corrected chi connectivity index (χ2v) is 6.86. The van der Waals surface area contributed by atoms with Crippen molar-refractivity contribution in [1.29, 1.82) is 0 Å². The molecule has 7 heteroatoms. The summed E-state index contributed by atoms with van der Waals surface area (Å²) in [7, 11) is 3.93. The summed E-state index contributed by atoms with van der Waals surface area (Å²) in [5, 5.41) is 5.84. The van der Waals surface area contributed by atoms with Gasteiger partial charge in [0.1, 0.15) is 5.69 Å². The van der Waals surface area contributed by atoms with E-state index in [9.17, 15) is 9.59 Å². The maximum Gasteiger partial charge on any atom is 0.287 e. The van der Waals surface area contributed by atoms with Gasteiger partial charge >= 0.3 is 0 Å². The van der Waals surface area contributed by atoms with Crippen molar-refractivity contribution in [2.75, 3.05) is 33.7 Å². The maximum atomic E-state index is 12.5. The summed E-state index contributed by atoms with van der Waals surface area (Å²) in [5.41, 5.74) is 1.31. The Bertz CT molecular complexity index is 595. The molecule has 0 aliphatic carbocycles. The van der Waals surface area contributed by atoms with Crippen LogP contribution in [0, 0.1) is 0 Å². The molecule has 0 fully saturated rings. The monoisotopic (exact) mass is 349 g/mol. The third-order valence-electron chi connectivity index (χ3n) is 4.45. The summed E-state index contributed by atoms with van der Waals surface area (Å²) in [6, 6.07) is 0. The number of nitrogens with one attached hydrogen (secondary N) is 2. The molecular formula is C18H31N5O2. The summed E-state index contributed by atoms with van der Waals surface area (Å²) in [6.07, 6.45) is 6.02. The lowest BCUT2D eigenvalue weighted by atomic mass is 10.1. The Hall–Kier alpha value is -1.89. The minimum Gasteiger partial charge on any atom is -0.349 e. The van der Waals surface area contributed by atoms with E-state index in [4.69, 9.17) is 0 Å². The molecule has 25 heavy (non-hydrogen) atoms. The SMILES string of the molecule is CCCCCNC(=O)c1nc(C(=O)NCCN(C)C)c2n1CCCC2. The highest BCUT2D eigenvalue weighted by Crippen LogP contribution is 2.21. The van der Waals surface area contributed by atoms with Gasteiger partial charge in [-0.3, -0.25) is 9.59 Å². The van der Waals surface area contributed by atoms with Crippen molar-refractivity contribution in [1.82, 2.24) is 25.1 Å². The van der Waals surface area contributed by atoms with Crippen LogP contribution in [-0.4, -0.2) is 60.0 Å². The van der Waals surface area contributed by atoms with Crippen LogP contribution in [0.1, 0.15) is 65.8 Å². The Balaban J connectivity index is 2.09. The van der Waals surface area contributed by atoms with Gasteiger partial charge < -0.3 is 20.1 Å². The van der Waals surface area contributed by atoms with E-state index in [1.807, 2.05) is 23.6 Å². The topological polar surface area (TPSA) is 79.3 Å². The number of carbonyl (C=O) groups is 2. The second-order valence-electron chi connectivity index (χ2n) is 6.86. The minimum absolute atomic E-state index is 0.174. The number of amides is 2. The van der Waals surface area contributed by atoms with Crippen LogP contribution < -0.4 is 10.6 Å². The van der Waals surface area contributed by atoms with E-state index in [-0.39, 0.29) is 11.8 Å². The van der Waals surface area contributed by atoms with Crippen molar-refractivity contribution in [2.24, 2.45) is 0 Å². The molecule has 2 amide bonds. The van der Waals surface area contributed by atoms with Crippen molar-refractivity contribution in [3.8, 4) is 0 Å². The summed E-state index contributed by atoms with van der Waals surface area (Å²) in [5.74, 6) is 0.0214. The number of likely N-dealkylation sites (N-methyl/N-ethyl adjacent to an activating group) is 1. The van der Waals surface area contributed by atoms with Crippen molar-refractivity contribution in [3.63, 3.8) is 0 Å². The van der Waals surface area contributed by atoms with Crippen molar-refractivity contribution >= 4 is 11.8 Å². The van der Waals surface area contributed by atoms with Crippen LogP contribution in [0.3, 0.4) is 0 Å². The van der Waals surface area contributed by atoms with Crippen LogP contribution in [0.15, 0.2) is 0 Å². The van der Waals surface area contributed by atoms with Gasteiger partial charge in [-0.05, 0) is 39.8 Å². The fourth-order valence-corrected chi connectivity index (χ4v) is 3.03. The largest absolute Gasteiger partial charge is 0.349 e. The normalized spacial score (nSPS) is 13.6. The molecule has 0 bridgehead atoms. The smallest absolute Gasteiger partial charge is 0.287 e. The molecule has 0 saturated heterocycles. The standard InChI is InChI=1S/C18H31N5O2/c1-4-5-7-10-19-18(25)16-21-15(14-9-6-8-12-23(14)16)17(24)20-11-13-22(2)3/h4-13H2,1-3H3,(H,19,25)(H,20,24). The molecule has 7 nitrogen and oxygen atoms in total. The van der Waals surface area contributed by atoms with Gasteiger partial charge in [-0.2, -0.15) is 0 Å². The summed E-state index contributed by atoms with van der Waals surface area (Å²) < 4.78 is 1.93. The maximum absolute atomic E-state index is 12.5. The first kappa shape index (κ1) is 19.4. The Morgan fingerprint density at radius 2 is 1.88 bits per heavy atom. The lowest BCUT2D eigenvalue weighted by Crippen LogP contribution is -2.32. The Labute approximate surface area is 150 Å². The Morgan fingerprint density at radius 3 is 2.60 bits per heavy atom. The molecule has 0 radical (unpaired) electrons. The molecule has 0 spiro atoms. The van der Waals surface area contributed by atoms with Crippen LogP contribution in [0.5, 0.6) is 0 Å². The molecule has 1 aliphatic heterocycles. The quantitative estimate of drug-likeness (QED) is 0.661. The van der Waals surface area contributed by atoms with E-state index in [1.54, 1.807) is 0 Å². The highest BCUT2D eigenvalue weighted by molar-refractivity contribution is 5.97. The van der Waals surface area contributed by atoms with Gasteiger partial charge in [0.05, 0.1) is 5.69 Å². The molecule has 1 aliphatic rings. The number of nitrogens with zero attached hydrogens (tertiary/aromatic N) is 3. The molecule has 1 aromatic heterocycles. The van der Waals surface area contributed by atoms with E-state index in [0.29, 0.717) is 24.6 Å². The Kier molecular flexibility index (Phi) is 7.43. The van der Waals surface area contributed by atoms with E-state index in [0.717, 1.165) is 57.3 Å². The van der Waals surface area contributed by atoms with Crippen LogP contribution in [0.4, 0.5) is 0 Å². The summed E-state index contributed by atoms with van der Waals surface area (Å²) in [6.45, 7) is 4.88. The predicted molar refractivity (Wildman–Crippen MR) is 97.9 cm³/mol. The predicted octanol–water partition coefficient (Wildman–Crippen LogP) is 1.43. The van der Waals surface area contributed by atoms with Gasteiger partial charge in [0.2, 0.25) is 0 Å². The minimum atomic E-state index is -0.183. The molecule has 140 valence electrons. The molecular weight excluding hydrogens is 318 g/mol. The number of unbranched alkanes of at least 4 members (excludes halogenated alkanes) is 2. The Morgan fingerprint density at radius 1 is 1.12 bits per heavy atom. The van der Waals surface area contributed by atoms with Gasteiger partial charge in [0.25, 0.3) is 11.8 Å². The van der Waals surface area contributed by atoms with Gasteiger partial charge in [-0.25, -0.2) is 4.98 Å². The van der Waals surface area contributed by atoms with E-state index in [1.165, 1.54) is 0 Å². The molecule has 1 aromatic rings. The first-order chi connectivity index (χ1) is 12.0. The summed E-state index contributed by atoms with van der Waals surface area (Å²) in [4.78, 5) is 31.4. The number of imidazole rings is 1. The second kappa shape index (κ2) is 9.56. The fourth-order valence-electron chi connectivity index (χ4n) is 3.03. The summed E-state index contributed by atoms with van der Waals surface area (Å²) >= 11 is 0. The highest BCUT2D eigenvalue weighted by Gasteiger charge is 2.27. The van der Waals surface area contributed by atoms with Gasteiger partial charge in [0, 0.05) is 26.2 Å². The zero-order valence-electron chi connectivity index (χ0n) is 15.7. The van der Waals surface area contributed by atoms with Crippen molar-refractivity contribution < 1.29 is 9.59 Å². The number of hydrogen-bond acceptors (Lipinski definition) is 4. The number of rotatable bonds is 9. The fraction of sp³-hybridized carbons (Fsp3) is 0.722. The molecule has 2 heterocycles. The zero-order valence-corrected chi connectivity index (χ0v) is 15.7. The molecule has 0 aromatic carbocycles. The third kappa shape index (κ3) is 5.29. The van der Waals surface area contributed by atoms with Gasteiger partial charge in [0.15, 0.2) is 5.82 Å².